The molecule has 0 saturated heterocycles. The van der Waals surface area contributed by atoms with Crippen molar-refractivity contribution in [3.63, 3.8) is 0 Å². The number of thiol groups is 1. The first-order valence-electron chi connectivity index (χ1n) is 12.2. The molecule has 1 unspecified atom stereocenters. The normalized spacial score (nSPS) is 13.1. The Balaban J connectivity index is 1.48. The van der Waals surface area contributed by atoms with Crippen molar-refractivity contribution in [1.82, 2.24) is 4.98 Å². The number of halogens is 1. The summed E-state index contributed by atoms with van der Waals surface area (Å²) < 4.78 is 6.02. The maximum absolute atomic E-state index is 12.2. The van der Waals surface area contributed by atoms with Gasteiger partial charge in [0.25, 0.3) is 0 Å². The number of hydrogen-bond acceptors (Lipinski definition) is 3. The standard InChI is InChI=1S/C31H30ClNO2S/c1-2-19-31(21-30(34)36,20-7-10-23-8-3-5-11-28(23)32)25-14-17-27(18-15-25)35-22-26-16-13-24-9-4-6-12-29(24)33-26/h2-6,8-9,11-19H,7,10,20-22H2,1H3,(H,34,36)/b19-2+. The molecule has 3 aromatic carbocycles. The largest absolute Gasteiger partial charge is 0.487 e. The molecule has 0 amide bonds. The summed E-state index contributed by atoms with van der Waals surface area (Å²) in [7, 11) is 0. The maximum Gasteiger partial charge on any atom is 0.187 e. The maximum atomic E-state index is 12.2. The summed E-state index contributed by atoms with van der Waals surface area (Å²) in [6.07, 6.45) is 7.01. The van der Waals surface area contributed by atoms with E-state index in [2.05, 4.69) is 48.0 Å². The summed E-state index contributed by atoms with van der Waals surface area (Å²) in [6, 6.07) is 28.0. The van der Waals surface area contributed by atoms with Crippen LogP contribution in [-0.4, -0.2) is 10.1 Å². The zero-order valence-electron chi connectivity index (χ0n) is 20.4. The Labute approximate surface area is 223 Å². The first-order chi connectivity index (χ1) is 17.5. The van der Waals surface area contributed by atoms with E-state index in [1.165, 1.54) is 0 Å². The highest BCUT2D eigenvalue weighted by molar-refractivity contribution is 7.96. The van der Waals surface area contributed by atoms with E-state index in [0.29, 0.717) is 13.0 Å². The van der Waals surface area contributed by atoms with E-state index in [4.69, 9.17) is 16.3 Å². The fourth-order valence-electron chi connectivity index (χ4n) is 4.69. The van der Waals surface area contributed by atoms with Crippen LogP contribution in [0.15, 0.2) is 97.1 Å². The van der Waals surface area contributed by atoms with Gasteiger partial charge in [0, 0.05) is 22.2 Å². The minimum absolute atomic E-state index is 0.131. The molecule has 0 bridgehead atoms. The number of hydrogen-bond donors (Lipinski definition) is 1. The number of benzene rings is 3. The summed E-state index contributed by atoms with van der Waals surface area (Å²) in [5, 5.41) is 1.76. The van der Waals surface area contributed by atoms with E-state index in [-0.39, 0.29) is 5.12 Å². The van der Waals surface area contributed by atoms with E-state index >= 15 is 0 Å². The topological polar surface area (TPSA) is 39.2 Å². The molecular formula is C31H30ClNO2S. The van der Waals surface area contributed by atoms with Gasteiger partial charge in [-0.3, -0.25) is 4.79 Å². The highest BCUT2D eigenvalue weighted by atomic mass is 35.5. The van der Waals surface area contributed by atoms with Gasteiger partial charge in [0.1, 0.15) is 12.4 Å². The Morgan fingerprint density at radius 2 is 1.75 bits per heavy atom. The average molecular weight is 516 g/mol. The van der Waals surface area contributed by atoms with Crippen LogP contribution in [0.2, 0.25) is 5.02 Å². The Kier molecular flexibility index (Phi) is 8.84. The number of aryl methyl sites for hydroxylation is 1. The zero-order chi connectivity index (χ0) is 25.4. The predicted molar refractivity (Wildman–Crippen MR) is 152 cm³/mol. The third-order valence-electron chi connectivity index (χ3n) is 6.45. The summed E-state index contributed by atoms with van der Waals surface area (Å²) in [6.45, 7) is 2.37. The van der Waals surface area contributed by atoms with Gasteiger partial charge in [-0.25, -0.2) is 4.98 Å². The SMILES string of the molecule is C/C=C/C(CCCc1ccccc1Cl)(CC(=O)S)c1ccc(OCc2ccc3ccccc3n2)cc1. The first-order valence-corrected chi connectivity index (χ1v) is 13.0. The number of fused-ring (bicyclic) bond motifs is 1. The average Bonchev–Trinajstić information content (AvgIpc) is 2.88. The van der Waals surface area contributed by atoms with E-state index in [9.17, 15) is 4.79 Å². The highest BCUT2D eigenvalue weighted by Gasteiger charge is 2.31. The van der Waals surface area contributed by atoms with Gasteiger partial charge in [0.15, 0.2) is 5.12 Å². The molecule has 1 aromatic heterocycles. The lowest BCUT2D eigenvalue weighted by molar-refractivity contribution is -0.111. The van der Waals surface area contributed by atoms with Crippen molar-refractivity contribution in [1.29, 1.82) is 0 Å². The van der Waals surface area contributed by atoms with Crippen LogP contribution < -0.4 is 4.74 Å². The molecule has 0 aliphatic carbocycles. The van der Waals surface area contributed by atoms with Crippen LogP contribution >= 0.6 is 24.2 Å². The van der Waals surface area contributed by atoms with Gasteiger partial charge in [-0.15, -0.1) is 12.6 Å². The van der Waals surface area contributed by atoms with Gasteiger partial charge < -0.3 is 4.74 Å². The second-order valence-corrected chi connectivity index (χ2v) is 9.89. The molecule has 4 rings (SSSR count). The fourth-order valence-corrected chi connectivity index (χ4v) is 5.20. The van der Waals surface area contributed by atoms with Crippen molar-refractivity contribution in [3.05, 3.63) is 119 Å². The van der Waals surface area contributed by atoms with Crippen molar-refractivity contribution in [2.24, 2.45) is 0 Å². The Morgan fingerprint density at radius 3 is 2.50 bits per heavy atom. The van der Waals surface area contributed by atoms with Gasteiger partial charge in [-0.2, -0.15) is 0 Å². The summed E-state index contributed by atoms with van der Waals surface area (Å²) in [5.41, 5.74) is 3.59. The number of ether oxygens (including phenoxy) is 1. The highest BCUT2D eigenvalue weighted by Crippen LogP contribution is 2.37. The number of aromatic nitrogens is 1. The lowest BCUT2D eigenvalue weighted by Crippen LogP contribution is -2.26. The Bertz CT molecular complexity index is 1350. The van der Waals surface area contributed by atoms with Gasteiger partial charge in [0.2, 0.25) is 0 Å². The molecule has 0 saturated carbocycles. The van der Waals surface area contributed by atoms with E-state index in [1.807, 2.05) is 73.7 Å². The van der Waals surface area contributed by atoms with Crippen LogP contribution in [-0.2, 0) is 23.2 Å². The van der Waals surface area contributed by atoms with Crippen LogP contribution in [0, 0.1) is 0 Å². The second-order valence-electron chi connectivity index (χ2n) is 8.98. The molecule has 0 aliphatic rings. The van der Waals surface area contributed by atoms with Gasteiger partial charge in [0.05, 0.1) is 11.2 Å². The van der Waals surface area contributed by atoms with Crippen molar-refractivity contribution >= 4 is 40.2 Å². The minimum atomic E-state index is -0.437. The number of pyridine rings is 1. The molecule has 1 atom stereocenters. The second kappa shape index (κ2) is 12.2. The molecule has 0 spiro atoms. The van der Waals surface area contributed by atoms with Crippen molar-refractivity contribution in [2.75, 3.05) is 0 Å². The Hall–Kier alpha value is -3.08. The molecule has 0 N–H and O–H groups in total. The smallest absolute Gasteiger partial charge is 0.187 e. The monoisotopic (exact) mass is 515 g/mol. The quantitative estimate of drug-likeness (QED) is 0.162. The zero-order valence-corrected chi connectivity index (χ0v) is 22.0. The molecule has 1 heterocycles. The number of rotatable bonds is 11. The minimum Gasteiger partial charge on any atom is -0.487 e. The molecular weight excluding hydrogens is 486 g/mol. The molecule has 0 fully saturated rings. The number of nitrogens with zero attached hydrogens (tertiary/aromatic N) is 1. The van der Waals surface area contributed by atoms with E-state index < -0.39 is 5.41 Å². The van der Waals surface area contributed by atoms with Crippen molar-refractivity contribution in [3.8, 4) is 5.75 Å². The van der Waals surface area contributed by atoms with Crippen LogP contribution in [0.3, 0.4) is 0 Å². The molecule has 4 aromatic rings. The van der Waals surface area contributed by atoms with Gasteiger partial charge >= 0.3 is 0 Å². The third-order valence-corrected chi connectivity index (χ3v) is 6.98. The van der Waals surface area contributed by atoms with E-state index in [1.54, 1.807) is 0 Å². The first kappa shape index (κ1) is 26.0. The summed E-state index contributed by atoms with van der Waals surface area (Å²) in [4.78, 5) is 16.9. The fraction of sp³-hybridized carbons (Fsp3) is 0.226. The van der Waals surface area contributed by atoms with Gasteiger partial charge in [-0.05, 0) is 67.6 Å². The third kappa shape index (κ3) is 6.57. The summed E-state index contributed by atoms with van der Waals surface area (Å²) in [5.74, 6) is 0.761. The molecule has 36 heavy (non-hydrogen) atoms. The van der Waals surface area contributed by atoms with Crippen molar-refractivity contribution < 1.29 is 9.53 Å². The van der Waals surface area contributed by atoms with Crippen molar-refractivity contribution in [2.45, 2.75) is 44.6 Å². The molecule has 3 nitrogen and oxygen atoms in total. The summed E-state index contributed by atoms with van der Waals surface area (Å²) >= 11 is 10.5. The van der Waals surface area contributed by atoms with Crippen LogP contribution in [0.1, 0.15) is 43.0 Å². The van der Waals surface area contributed by atoms with Crippen LogP contribution in [0.25, 0.3) is 10.9 Å². The molecule has 5 heteroatoms. The van der Waals surface area contributed by atoms with E-state index in [0.717, 1.165) is 57.8 Å². The Morgan fingerprint density at radius 1 is 1.00 bits per heavy atom. The van der Waals surface area contributed by atoms with Gasteiger partial charge in [-0.1, -0.05) is 78.4 Å². The number of allylic oxidation sites excluding steroid dienone is 2. The van der Waals surface area contributed by atoms with Crippen LogP contribution in [0.4, 0.5) is 0 Å². The number of para-hydroxylation sites is 1. The number of carbonyl (C=O) groups excluding carboxylic acids is 1. The molecule has 184 valence electrons. The lowest BCUT2D eigenvalue weighted by atomic mass is 9.73. The van der Waals surface area contributed by atoms with Crippen LogP contribution in [0.5, 0.6) is 5.75 Å². The molecule has 0 aliphatic heterocycles. The predicted octanol–water partition coefficient (Wildman–Crippen LogP) is 8.15. The molecule has 0 radical (unpaired) electrons. The lowest BCUT2D eigenvalue weighted by Gasteiger charge is -2.31. The number of carbonyl (C=O) groups is 1.